The molecule has 92 valence electrons. The van der Waals surface area contributed by atoms with Gasteiger partial charge in [0.1, 0.15) is 5.82 Å². The van der Waals surface area contributed by atoms with Crippen LogP contribution in [0.15, 0.2) is 12.3 Å². The van der Waals surface area contributed by atoms with Gasteiger partial charge in [0.15, 0.2) is 6.29 Å². The number of carbonyl (C=O) groups is 1. The topological polar surface area (TPSA) is 53.4 Å². The SMILES string of the molecule is Cc1cc(C=O)cnc1N1CCC(CCO)C1. The van der Waals surface area contributed by atoms with Crippen molar-refractivity contribution in [2.45, 2.75) is 19.8 Å². The van der Waals surface area contributed by atoms with Gasteiger partial charge in [0.2, 0.25) is 0 Å². The van der Waals surface area contributed by atoms with Crippen LogP contribution in [0.4, 0.5) is 5.82 Å². The Morgan fingerprint density at radius 3 is 3.12 bits per heavy atom. The summed E-state index contributed by atoms with van der Waals surface area (Å²) >= 11 is 0. The van der Waals surface area contributed by atoms with Gasteiger partial charge in [-0.1, -0.05) is 0 Å². The zero-order valence-corrected chi connectivity index (χ0v) is 10.1. The quantitative estimate of drug-likeness (QED) is 0.800. The van der Waals surface area contributed by atoms with Gasteiger partial charge in [-0.3, -0.25) is 4.79 Å². The van der Waals surface area contributed by atoms with E-state index < -0.39 is 0 Å². The summed E-state index contributed by atoms with van der Waals surface area (Å²) in [5.41, 5.74) is 1.66. The lowest BCUT2D eigenvalue weighted by atomic mass is 10.1. The zero-order valence-electron chi connectivity index (χ0n) is 10.1. The Kier molecular flexibility index (Phi) is 3.74. The third kappa shape index (κ3) is 2.64. The fourth-order valence-corrected chi connectivity index (χ4v) is 2.43. The standard InChI is InChI=1S/C13H18N2O2/c1-10-6-12(9-17)7-14-13(10)15-4-2-11(8-15)3-5-16/h6-7,9,11,16H,2-5,8H2,1H3. The van der Waals surface area contributed by atoms with Crippen LogP contribution in [-0.2, 0) is 0 Å². The summed E-state index contributed by atoms with van der Waals surface area (Å²) in [7, 11) is 0. The third-order valence-electron chi connectivity index (χ3n) is 3.33. The average Bonchev–Trinajstić information content (AvgIpc) is 2.78. The van der Waals surface area contributed by atoms with Crippen molar-refractivity contribution >= 4 is 12.1 Å². The summed E-state index contributed by atoms with van der Waals surface area (Å²) in [4.78, 5) is 17.2. The number of hydrogen-bond acceptors (Lipinski definition) is 4. The minimum Gasteiger partial charge on any atom is -0.396 e. The molecule has 0 aromatic carbocycles. The molecule has 0 radical (unpaired) electrons. The van der Waals surface area contributed by atoms with E-state index in [-0.39, 0.29) is 6.61 Å². The van der Waals surface area contributed by atoms with Crippen molar-refractivity contribution in [3.8, 4) is 0 Å². The van der Waals surface area contributed by atoms with Crippen LogP contribution >= 0.6 is 0 Å². The minimum atomic E-state index is 0.259. The van der Waals surface area contributed by atoms with Crippen molar-refractivity contribution in [3.05, 3.63) is 23.4 Å². The first-order valence-corrected chi connectivity index (χ1v) is 6.02. The number of rotatable bonds is 4. The fourth-order valence-electron chi connectivity index (χ4n) is 2.43. The summed E-state index contributed by atoms with van der Waals surface area (Å²) in [5.74, 6) is 1.53. The number of aromatic nitrogens is 1. The maximum atomic E-state index is 10.6. The van der Waals surface area contributed by atoms with Gasteiger partial charge >= 0.3 is 0 Å². The Balaban J connectivity index is 2.10. The molecule has 2 rings (SSSR count). The van der Waals surface area contributed by atoms with Gasteiger partial charge < -0.3 is 10.0 Å². The van der Waals surface area contributed by atoms with Crippen molar-refractivity contribution in [3.63, 3.8) is 0 Å². The first kappa shape index (κ1) is 12.0. The van der Waals surface area contributed by atoms with E-state index in [4.69, 9.17) is 5.11 Å². The fraction of sp³-hybridized carbons (Fsp3) is 0.538. The van der Waals surface area contributed by atoms with Crippen LogP contribution in [0, 0.1) is 12.8 Å². The van der Waals surface area contributed by atoms with Gasteiger partial charge in [-0.2, -0.15) is 0 Å². The van der Waals surface area contributed by atoms with Crippen LogP contribution < -0.4 is 4.90 Å². The van der Waals surface area contributed by atoms with Crippen molar-refractivity contribution < 1.29 is 9.90 Å². The van der Waals surface area contributed by atoms with Crippen LogP contribution in [0.25, 0.3) is 0 Å². The van der Waals surface area contributed by atoms with Gasteiger partial charge in [-0.15, -0.1) is 0 Å². The normalized spacial score (nSPS) is 19.6. The van der Waals surface area contributed by atoms with E-state index in [2.05, 4.69) is 9.88 Å². The lowest BCUT2D eigenvalue weighted by Gasteiger charge is -2.19. The molecule has 0 spiro atoms. The summed E-state index contributed by atoms with van der Waals surface area (Å²) < 4.78 is 0. The molecule has 0 bridgehead atoms. The minimum absolute atomic E-state index is 0.259. The number of nitrogens with zero attached hydrogens (tertiary/aromatic N) is 2. The lowest BCUT2D eigenvalue weighted by molar-refractivity contribution is 0.112. The number of pyridine rings is 1. The summed E-state index contributed by atoms with van der Waals surface area (Å²) in [6.45, 7) is 4.18. The smallest absolute Gasteiger partial charge is 0.151 e. The molecule has 0 amide bonds. The van der Waals surface area contributed by atoms with Crippen molar-refractivity contribution in [1.82, 2.24) is 4.98 Å². The molecule has 17 heavy (non-hydrogen) atoms. The van der Waals surface area contributed by atoms with Crippen LogP contribution in [0.3, 0.4) is 0 Å². The van der Waals surface area contributed by atoms with E-state index in [0.717, 1.165) is 43.6 Å². The van der Waals surface area contributed by atoms with Gasteiger partial charge in [0.05, 0.1) is 0 Å². The average molecular weight is 234 g/mol. The number of aryl methyl sites for hydroxylation is 1. The molecule has 1 N–H and O–H groups in total. The molecule has 2 heterocycles. The van der Waals surface area contributed by atoms with E-state index in [1.807, 2.05) is 13.0 Å². The number of hydrogen-bond donors (Lipinski definition) is 1. The highest BCUT2D eigenvalue weighted by Gasteiger charge is 2.23. The predicted molar refractivity (Wildman–Crippen MR) is 66.4 cm³/mol. The number of anilines is 1. The molecule has 1 fully saturated rings. The van der Waals surface area contributed by atoms with Crippen molar-refractivity contribution in [2.75, 3.05) is 24.6 Å². The Labute approximate surface area is 101 Å². The van der Waals surface area contributed by atoms with Gasteiger partial charge in [-0.05, 0) is 37.3 Å². The van der Waals surface area contributed by atoms with Crippen LogP contribution in [-0.4, -0.2) is 36.1 Å². The summed E-state index contributed by atoms with van der Waals surface area (Å²) in [6, 6.07) is 1.87. The first-order chi connectivity index (χ1) is 8.24. The highest BCUT2D eigenvalue weighted by atomic mass is 16.3. The van der Waals surface area contributed by atoms with E-state index in [1.165, 1.54) is 0 Å². The highest BCUT2D eigenvalue weighted by molar-refractivity contribution is 5.75. The summed E-state index contributed by atoms with van der Waals surface area (Å²) in [6.07, 6.45) is 4.41. The molecule has 1 atom stereocenters. The maximum absolute atomic E-state index is 10.6. The molecule has 1 aromatic rings. The Hall–Kier alpha value is -1.42. The van der Waals surface area contributed by atoms with E-state index in [1.54, 1.807) is 6.20 Å². The summed E-state index contributed by atoms with van der Waals surface area (Å²) in [5, 5.41) is 8.93. The van der Waals surface area contributed by atoms with E-state index in [9.17, 15) is 4.79 Å². The number of aliphatic hydroxyl groups excluding tert-OH is 1. The predicted octanol–water partition coefficient (Wildman–Crippen LogP) is 1.41. The third-order valence-corrected chi connectivity index (χ3v) is 3.33. The van der Waals surface area contributed by atoms with E-state index in [0.29, 0.717) is 11.5 Å². The van der Waals surface area contributed by atoms with Crippen LogP contribution in [0.5, 0.6) is 0 Å². The monoisotopic (exact) mass is 234 g/mol. The molecule has 1 aromatic heterocycles. The highest BCUT2D eigenvalue weighted by Crippen LogP contribution is 2.26. The van der Waals surface area contributed by atoms with Crippen LogP contribution in [0.2, 0.25) is 0 Å². The number of aldehydes is 1. The number of aliphatic hydroxyl groups is 1. The van der Waals surface area contributed by atoms with Gasteiger partial charge in [0.25, 0.3) is 0 Å². The second-order valence-electron chi connectivity index (χ2n) is 4.64. The molecule has 0 saturated carbocycles. The molecule has 1 saturated heterocycles. The molecule has 0 aliphatic carbocycles. The van der Waals surface area contributed by atoms with E-state index >= 15 is 0 Å². The largest absolute Gasteiger partial charge is 0.396 e. The van der Waals surface area contributed by atoms with Crippen molar-refractivity contribution in [2.24, 2.45) is 5.92 Å². The maximum Gasteiger partial charge on any atom is 0.151 e. The van der Waals surface area contributed by atoms with Gasteiger partial charge in [-0.25, -0.2) is 4.98 Å². The Bertz CT molecular complexity index is 406. The first-order valence-electron chi connectivity index (χ1n) is 6.02. The number of carbonyl (C=O) groups excluding carboxylic acids is 1. The molecule has 4 nitrogen and oxygen atoms in total. The molecular weight excluding hydrogens is 216 g/mol. The Morgan fingerprint density at radius 2 is 2.47 bits per heavy atom. The molecule has 1 unspecified atom stereocenters. The molecule has 1 aliphatic rings. The second kappa shape index (κ2) is 5.27. The second-order valence-corrected chi connectivity index (χ2v) is 4.64. The zero-order chi connectivity index (χ0) is 12.3. The van der Waals surface area contributed by atoms with Gasteiger partial charge in [0, 0.05) is 31.5 Å². The van der Waals surface area contributed by atoms with Crippen molar-refractivity contribution in [1.29, 1.82) is 0 Å². The molecule has 4 heteroatoms. The molecule has 1 aliphatic heterocycles. The lowest BCUT2D eigenvalue weighted by Crippen LogP contribution is -2.22. The van der Waals surface area contributed by atoms with Crippen LogP contribution in [0.1, 0.15) is 28.8 Å². The Morgan fingerprint density at radius 1 is 1.65 bits per heavy atom. The molecular formula is C13H18N2O2.